The van der Waals surface area contributed by atoms with E-state index in [1.54, 1.807) is 18.2 Å². The Morgan fingerprint density at radius 2 is 1.62 bits per heavy atom. The minimum atomic E-state index is -4.61. The summed E-state index contributed by atoms with van der Waals surface area (Å²) in [4.78, 5) is 20.4. The van der Waals surface area contributed by atoms with Crippen molar-refractivity contribution in [1.82, 2.24) is 9.97 Å². The van der Waals surface area contributed by atoms with Gasteiger partial charge in [0.15, 0.2) is 0 Å². The molecule has 1 heterocycles. The highest BCUT2D eigenvalue weighted by atomic mass is 32.2. The molecule has 7 nitrogen and oxygen atoms in total. The van der Waals surface area contributed by atoms with Crippen LogP contribution in [0.25, 0.3) is 28.5 Å². The van der Waals surface area contributed by atoms with Gasteiger partial charge in [0.1, 0.15) is 5.82 Å². The summed E-state index contributed by atoms with van der Waals surface area (Å²) in [5, 5.41) is 2.81. The number of hydrogen-bond acceptors (Lipinski definition) is 4. The van der Waals surface area contributed by atoms with Gasteiger partial charge in [-0.1, -0.05) is 42.5 Å². The van der Waals surface area contributed by atoms with Crippen LogP contribution in [0.5, 0.6) is 0 Å². The number of carbonyl (C=O) groups excluding carboxylic acids is 1. The van der Waals surface area contributed by atoms with E-state index in [1.165, 1.54) is 36.4 Å². The van der Waals surface area contributed by atoms with Gasteiger partial charge in [-0.25, -0.2) is 13.4 Å². The van der Waals surface area contributed by atoms with E-state index in [0.717, 1.165) is 29.2 Å². The zero-order valence-electron chi connectivity index (χ0n) is 20.6. The van der Waals surface area contributed by atoms with Crippen LogP contribution in [0.15, 0.2) is 108 Å². The van der Waals surface area contributed by atoms with Gasteiger partial charge in [0.2, 0.25) is 5.91 Å². The highest BCUT2D eigenvalue weighted by Gasteiger charge is 2.30. The minimum Gasteiger partial charge on any atom is -0.338 e. The van der Waals surface area contributed by atoms with Crippen LogP contribution in [0.1, 0.15) is 11.1 Å². The average Bonchev–Trinajstić information content (AvgIpc) is 3.36. The first-order valence-corrected chi connectivity index (χ1v) is 13.4. The van der Waals surface area contributed by atoms with E-state index in [4.69, 9.17) is 0 Å². The second kappa shape index (κ2) is 10.7. The van der Waals surface area contributed by atoms with Crippen LogP contribution in [0.3, 0.4) is 0 Å². The molecule has 0 aliphatic rings. The van der Waals surface area contributed by atoms with Crippen molar-refractivity contribution in [1.29, 1.82) is 0 Å². The monoisotopic (exact) mass is 562 g/mol. The lowest BCUT2D eigenvalue weighted by Crippen LogP contribution is -2.14. The number of hydrogen-bond donors (Lipinski definition) is 3. The molecular formula is C29H21F3N4O3S. The zero-order valence-corrected chi connectivity index (χ0v) is 21.4. The highest BCUT2D eigenvalue weighted by Crippen LogP contribution is 2.31. The molecular weight excluding hydrogens is 541 g/mol. The van der Waals surface area contributed by atoms with Gasteiger partial charge in [-0.05, 0) is 66.2 Å². The number of fused-ring (bicyclic) bond motifs is 1. The smallest absolute Gasteiger partial charge is 0.338 e. The Bertz CT molecular complexity index is 1810. The number of carbonyl (C=O) groups is 1. The van der Waals surface area contributed by atoms with E-state index < -0.39 is 27.7 Å². The predicted octanol–water partition coefficient (Wildman–Crippen LogP) is 6.70. The molecule has 0 spiro atoms. The SMILES string of the molecule is O=C(/C=C/c1cccc(S(=O)(=O)Nc2cccc(C(F)(F)F)c2)c1)Nc1ccccc1-c1nc2ccccc2[nH]1. The van der Waals surface area contributed by atoms with Gasteiger partial charge >= 0.3 is 6.18 Å². The molecule has 40 heavy (non-hydrogen) atoms. The Morgan fingerprint density at radius 3 is 2.42 bits per heavy atom. The normalized spacial score (nSPS) is 12.1. The van der Waals surface area contributed by atoms with Gasteiger partial charge in [-0.3, -0.25) is 9.52 Å². The molecule has 0 atom stereocenters. The summed E-state index contributed by atoms with van der Waals surface area (Å²) < 4.78 is 66.8. The van der Waals surface area contributed by atoms with Crippen LogP contribution >= 0.6 is 0 Å². The standard InChI is InChI=1S/C29H21F3N4O3S/c30-29(31,32)20-8-6-9-21(18-20)36-40(38,39)22-10-5-7-19(17-22)15-16-27(37)33-24-12-2-1-11-23(24)28-34-25-13-3-4-14-26(25)35-28/h1-18,36H,(H,33,37)(H,34,35)/b16-15+. The number of imidazole rings is 1. The number of H-pyrrole nitrogens is 1. The number of alkyl halides is 3. The number of rotatable bonds is 7. The molecule has 1 aromatic heterocycles. The van der Waals surface area contributed by atoms with Crippen LogP contribution in [0, 0.1) is 0 Å². The van der Waals surface area contributed by atoms with Crippen LogP contribution < -0.4 is 10.0 Å². The molecule has 4 aromatic carbocycles. The Kier molecular flexibility index (Phi) is 7.14. The molecule has 0 saturated carbocycles. The second-order valence-electron chi connectivity index (χ2n) is 8.73. The summed E-state index contributed by atoms with van der Waals surface area (Å²) in [6.07, 6.45) is -1.93. The van der Waals surface area contributed by atoms with E-state index in [9.17, 15) is 26.4 Å². The van der Waals surface area contributed by atoms with Crippen molar-refractivity contribution in [3.8, 4) is 11.4 Å². The number of halogens is 3. The summed E-state index contributed by atoms with van der Waals surface area (Å²) in [6.45, 7) is 0. The minimum absolute atomic E-state index is 0.178. The molecule has 5 rings (SSSR count). The van der Waals surface area contributed by atoms with Gasteiger partial charge in [-0.2, -0.15) is 13.2 Å². The largest absolute Gasteiger partial charge is 0.416 e. The second-order valence-corrected chi connectivity index (χ2v) is 10.4. The number of para-hydroxylation sites is 3. The number of aromatic amines is 1. The molecule has 5 aromatic rings. The Balaban J connectivity index is 1.31. The summed E-state index contributed by atoms with van der Waals surface area (Å²) in [7, 11) is -4.19. The number of benzene rings is 4. The zero-order chi connectivity index (χ0) is 28.3. The van der Waals surface area contributed by atoms with Crippen LogP contribution in [-0.2, 0) is 21.0 Å². The van der Waals surface area contributed by atoms with Gasteiger partial charge < -0.3 is 10.3 Å². The number of sulfonamides is 1. The summed E-state index contributed by atoms with van der Waals surface area (Å²) in [5.74, 6) is 0.131. The number of nitrogens with zero attached hydrogens (tertiary/aromatic N) is 1. The van der Waals surface area contributed by atoms with E-state index >= 15 is 0 Å². The molecule has 1 amide bonds. The van der Waals surface area contributed by atoms with Crippen molar-refractivity contribution in [3.05, 3.63) is 114 Å². The molecule has 0 fully saturated rings. The molecule has 0 saturated heterocycles. The van der Waals surface area contributed by atoms with Crippen LogP contribution in [0.2, 0.25) is 0 Å². The molecule has 11 heteroatoms. The molecule has 0 aliphatic heterocycles. The lowest BCUT2D eigenvalue weighted by molar-refractivity contribution is -0.137. The topological polar surface area (TPSA) is 104 Å². The summed E-state index contributed by atoms with van der Waals surface area (Å²) >= 11 is 0. The van der Waals surface area contributed by atoms with Crippen molar-refractivity contribution in [2.45, 2.75) is 11.1 Å². The Hall–Kier alpha value is -4.90. The fourth-order valence-electron chi connectivity index (χ4n) is 3.98. The van der Waals surface area contributed by atoms with Crippen molar-refractivity contribution in [2.24, 2.45) is 0 Å². The Labute approximate surface area is 227 Å². The fourth-order valence-corrected chi connectivity index (χ4v) is 5.09. The lowest BCUT2D eigenvalue weighted by atomic mass is 10.1. The van der Waals surface area contributed by atoms with E-state index in [-0.39, 0.29) is 10.6 Å². The van der Waals surface area contributed by atoms with Gasteiger partial charge in [-0.15, -0.1) is 0 Å². The third-order valence-electron chi connectivity index (χ3n) is 5.87. The molecule has 3 N–H and O–H groups in total. The lowest BCUT2D eigenvalue weighted by Gasteiger charge is -2.11. The summed E-state index contributed by atoms with van der Waals surface area (Å²) in [6, 6.07) is 24.3. The molecule has 0 aliphatic carbocycles. The molecule has 0 unspecified atom stereocenters. The maximum absolute atomic E-state index is 13.0. The maximum Gasteiger partial charge on any atom is 0.416 e. The third kappa shape index (κ3) is 6.05. The average molecular weight is 563 g/mol. The maximum atomic E-state index is 13.0. The van der Waals surface area contributed by atoms with Gasteiger partial charge in [0.25, 0.3) is 10.0 Å². The summed E-state index contributed by atoms with van der Waals surface area (Å²) in [5.41, 5.74) is 2.06. The van der Waals surface area contributed by atoms with E-state index in [2.05, 4.69) is 20.0 Å². The first-order valence-electron chi connectivity index (χ1n) is 11.9. The first-order chi connectivity index (χ1) is 19.1. The van der Waals surface area contributed by atoms with E-state index in [0.29, 0.717) is 22.6 Å². The van der Waals surface area contributed by atoms with Crippen molar-refractivity contribution in [2.75, 3.05) is 10.0 Å². The number of amides is 1. The number of anilines is 2. The third-order valence-corrected chi connectivity index (χ3v) is 7.25. The molecule has 202 valence electrons. The predicted molar refractivity (Wildman–Crippen MR) is 148 cm³/mol. The molecule has 0 radical (unpaired) electrons. The number of aromatic nitrogens is 2. The quantitative estimate of drug-likeness (QED) is 0.192. The fraction of sp³-hybridized carbons (Fsp3) is 0.0345. The molecule has 0 bridgehead atoms. The highest BCUT2D eigenvalue weighted by molar-refractivity contribution is 7.92. The number of nitrogens with one attached hydrogen (secondary N) is 3. The van der Waals surface area contributed by atoms with Crippen molar-refractivity contribution in [3.63, 3.8) is 0 Å². The van der Waals surface area contributed by atoms with Gasteiger partial charge in [0.05, 0.1) is 27.2 Å². The van der Waals surface area contributed by atoms with Crippen LogP contribution in [0.4, 0.5) is 24.5 Å². The first kappa shape index (κ1) is 26.7. The van der Waals surface area contributed by atoms with Crippen molar-refractivity contribution < 1.29 is 26.4 Å². The van der Waals surface area contributed by atoms with Crippen molar-refractivity contribution >= 4 is 44.4 Å². The van der Waals surface area contributed by atoms with E-state index in [1.807, 2.05) is 36.4 Å². The Morgan fingerprint density at radius 1 is 0.875 bits per heavy atom. The van der Waals surface area contributed by atoms with Gasteiger partial charge in [0, 0.05) is 17.3 Å². The van der Waals surface area contributed by atoms with Crippen LogP contribution in [-0.4, -0.2) is 24.3 Å².